The molecule has 6 atom stereocenters. The summed E-state index contributed by atoms with van der Waals surface area (Å²) in [4.78, 5) is 55.9. The number of likely N-dealkylation sites (N-methyl/N-ethyl adjacent to an activating group) is 1. The Hall–Kier alpha value is -3.55. The second-order valence-corrected chi connectivity index (χ2v) is 14.9. The number of primary amides is 2. The number of carbonyl (C=O) groups is 5. The number of hydrogen-bond donors (Lipinski definition) is 4. The molecule has 1 heterocycles. The molecule has 0 aliphatic carbocycles. The highest BCUT2D eigenvalue weighted by atomic mass is 16.5. The molecule has 4 amide bonds. The third-order valence-corrected chi connectivity index (χ3v) is 8.42. The van der Waals surface area contributed by atoms with Gasteiger partial charge in [-0.1, -0.05) is 118 Å². The Kier molecular flexibility index (Phi) is 42.7. The fraction of sp³-hybridized carbons (Fsp3) is 0.738. The third-order valence-electron chi connectivity index (χ3n) is 8.42. The molecule has 0 spiro atoms. The van der Waals surface area contributed by atoms with Gasteiger partial charge < -0.3 is 41.6 Å². The molecule has 324 valence electrons. The maximum atomic E-state index is 13.6. The van der Waals surface area contributed by atoms with E-state index in [9.17, 15) is 9.59 Å². The van der Waals surface area contributed by atoms with Crippen LogP contribution in [0.3, 0.4) is 0 Å². The van der Waals surface area contributed by atoms with Gasteiger partial charge in [-0.3, -0.25) is 24.0 Å². The number of nitrogens with two attached hydrogens (primary N) is 3. The number of benzene rings is 1. The zero-order valence-electron chi connectivity index (χ0n) is 37.2. The summed E-state index contributed by atoms with van der Waals surface area (Å²) in [5.41, 5.74) is 14.4. The van der Waals surface area contributed by atoms with E-state index < -0.39 is 0 Å². The van der Waals surface area contributed by atoms with Crippen LogP contribution in [-0.4, -0.2) is 105 Å². The number of aryl methyl sites for hydroxylation is 1. The molecule has 0 radical (unpaired) electrons. The Morgan fingerprint density at radius 1 is 0.927 bits per heavy atom. The third kappa shape index (κ3) is 31.4. The largest absolute Gasteiger partial charge is 0.483 e. The van der Waals surface area contributed by atoms with E-state index in [0.29, 0.717) is 18.3 Å². The van der Waals surface area contributed by atoms with E-state index in [-0.39, 0.29) is 73.2 Å². The number of amides is 4. The summed E-state index contributed by atoms with van der Waals surface area (Å²) in [7, 11) is 6.81. The number of likely N-dealkylation sites (tertiary alicyclic amines) is 1. The standard InChI is InChI=1S/C28H54N2O4.C7H8.C3H8.2CH3NO.CH5N.CH2O2/c1-12-20(4)26(29(9)24(31)16-19(2)3)23(33-10)17-25(32)30-15-13-14-22(30)27(34-11)21(5)18-28(6,7)8;1-7-5-3-2-4-6-7;1-3-2;2*2-1-3;1-2;2-1-3/h19-23,26-27H,12-18H2,1-11H3;2-6H,1H3;3H2,1-2H3;2*1H,(H2,2,3);2H2,1H3;1H,(H,2,3). The van der Waals surface area contributed by atoms with Gasteiger partial charge >= 0.3 is 0 Å². The molecule has 1 saturated heterocycles. The van der Waals surface area contributed by atoms with Crippen molar-refractivity contribution in [1.82, 2.24) is 9.80 Å². The van der Waals surface area contributed by atoms with Gasteiger partial charge in [0.05, 0.1) is 30.7 Å². The van der Waals surface area contributed by atoms with Crippen LogP contribution >= 0.6 is 0 Å². The lowest BCUT2D eigenvalue weighted by Crippen LogP contribution is -2.52. The minimum Gasteiger partial charge on any atom is -0.483 e. The Labute approximate surface area is 335 Å². The molecule has 0 bridgehead atoms. The van der Waals surface area contributed by atoms with Crippen molar-refractivity contribution in [3.8, 4) is 0 Å². The first-order valence-corrected chi connectivity index (χ1v) is 19.4. The van der Waals surface area contributed by atoms with Gasteiger partial charge in [0.1, 0.15) is 0 Å². The average molecular weight is 786 g/mol. The first kappa shape index (κ1) is 60.7. The van der Waals surface area contributed by atoms with Crippen LogP contribution in [0.15, 0.2) is 30.3 Å². The van der Waals surface area contributed by atoms with Crippen molar-refractivity contribution in [3.63, 3.8) is 0 Å². The predicted octanol–water partition coefficient (Wildman–Crippen LogP) is 6.28. The van der Waals surface area contributed by atoms with Crippen LogP contribution in [0.5, 0.6) is 0 Å². The van der Waals surface area contributed by atoms with Gasteiger partial charge in [0.25, 0.3) is 6.47 Å². The maximum absolute atomic E-state index is 13.6. The average Bonchev–Trinajstić information content (AvgIpc) is 3.59. The molecule has 1 aliphatic heterocycles. The van der Waals surface area contributed by atoms with Gasteiger partial charge in [0.2, 0.25) is 24.6 Å². The lowest BCUT2D eigenvalue weighted by atomic mass is 9.81. The number of rotatable bonds is 13. The Morgan fingerprint density at radius 3 is 1.71 bits per heavy atom. The molecule has 0 saturated carbocycles. The molecule has 13 heteroatoms. The Bertz CT molecular complexity index is 1040. The molecule has 6 unspecified atom stereocenters. The van der Waals surface area contributed by atoms with Crippen molar-refractivity contribution < 1.29 is 38.6 Å². The number of nitrogens with zero attached hydrogens (tertiary/aromatic N) is 2. The molecular weight excluding hydrogens is 702 g/mol. The fourth-order valence-corrected chi connectivity index (χ4v) is 6.36. The number of ether oxygens (including phenoxy) is 2. The van der Waals surface area contributed by atoms with E-state index in [0.717, 1.165) is 32.2 Å². The van der Waals surface area contributed by atoms with Crippen LogP contribution in [0, 0.1) is 30.1 Å². The van der Waals surface area contributed by atoms with E-state index in [1.165, 1.54) is 19.0 Å². The molecule has 1 fully saturated rings. The van der Waals surface area contributed by atoms with Crippen LogP contribution < -0.4 is 17.2 Å². The SMILES string of the molecule is CCC.CCC(C)C(C(CC(=O)N1CCCC1C(OC)C(C)CC(C)(C)C)OC)N(C)C(=O)CC(C)C.CN.Cc1ccccc1.NC=O.NC=O.O=CO. The zero-order valence-corrected chi connectivity index (χ0v) is 37.2. The van der Waals surface area contributed by atoms with Crippen molar-refractivity contribution in [2.45, 2.75) is 145 Å². The van der Waals surface area contributed by atoms with Gasteiger partial charge in [0.15, 0.2) is 0 Å². The highest BCUT2D eigenvalue weighted by Crippen LogP contribution is 2.33. The van der Waals surface area contributed by atoms with Crippen LogP contribution in [0.4, 0.5) is 0 Å². The molecular formula is C42H83N5O8. The summed E-state index contributed by atoms with van der Waals surface area (Å²) < 4.78 is 11.9. The Morgan fingerprint density at radius 2 is 1.38 bits per heavy atom. The highest BCUT2D eigenvalue weighted by Gasteiger charge is 2.41. The molecule has 13 nitrogen and oxygen atoms in total. The fourth-order valence-electron chi connectivity index (χ4n) is 6.36. The maximum Gasteiger partial charge on any atom is 0.290 e. The number of methoxy groups -OCH3 is 2. The molecule has 1 aromatic rings. The van der Waals surface area contributed by atoms with E-state index in [4.69, 9.17) is 29.0 Å². The lowest BCUT2D eigenvalue weighted by Gasteiger charge is -2.40. The monoisotopic (exact) mass is 786 g/mol. The summed E-state index contributed by atoms with van der Waals surface area (Å²) in [6.45, 7) is 24.2. The van der Waals surface area contributed by atoms with E-state index >= 15 is 0 Å². The van der Waals surface area contributed by atoms with Crippen LogP contribution in [0.1, 0.15) is 120 Å². The first-order chi connectivity index (χ1) is 25.8. The number of carboxylic acid groups (broad SMARTS) is 1. The van der Waals surface area contributed by atoms with Crippen molar-refractivity contribution >= 4 is 31.1 Å². The minimum atomic E-state index is -0.335. The zero-order chi connectivity index (χ0) is 44.2. The van der Waals surface area contributed by atoms with Crippen LogP contribution in [0.2, 0.25) is 0 Å². The second kappa shape index (κ2) is 38.7. The van der Waals surface area contributed by atoms with E-state index in [1.807, 2.05) is 35.0 Å². The molecule has 2 rings (SSSR count). The second-order valence-electron chi connectivity index (χ2n) is 14.9. The summed E-state index contributed by atoms with van der Waals surface area (Å²) in [6, 6.07) is 10.2. The van der Waals surface area contributed by atoms with Gasteiger partial charge in [-0.25, -0.2) is 0 Å². The Balaban J connectivity index is -0.000000323. The normalized spacial score (nSPS) is 15.4. The summed E-state index contributed by atoms with van der Waals surface area (Å²) in [6.07, 6.45) is 6.15. The van der Waals surface area contributed by atoms with Gasteiger partial charge in [-0.05, 0) is 56.4 Å². The molecule has 1 aromatic carbocycles. The van der Waals surface area contributed by atoms with Crippen LogP contribution in [-0.2, 0) is 33.4 Å². The lowest BCUT2D eigenvalue weighted by molar-refractivity contribution is -0.145. The topological polar surface area (TPSA) is 209 Å². The molecule has 7 N–H and O–H groups in total. The molecule has 0 aromatic heterocycles. The molecule has 1 aliphatic rings. The summed E-state index contributed by atoms with van der Waals surface area (Å²) in [5.74, 6) is 1.10. The quantitative estimate of drug-likeness (QED) is 0.166. The first-order valence-electron chi connectivity index (χ1n) is 19.4. The smallest absolute Gasteiger partial charge is 0.290 e. The van der Waals surface area contributed by atoms with Gasteiger partial charge in [-0.15, -0.1) is 0 Å². The molecule has 55 heavy (non-hydrogen) atoms. The number of hydrogen-bond acceptors (Lipinski definition) is 8. The predicted molar refractivity (Wildman–Crippen MR) is 226 cm³/mol. The minimum absolute atomic E-state index is 0.0207. The van der Waals surface area contributed by atoms with Crippen molar-refractivity contribution in [2.75, 3.05) is 34.9 Å². The van der Waals surface area contributed by atoms with Crippen molar-refractivity contribution in [2.24, 2.45) is 40.4 Å². The summed E-state index contributed by atoms with van der Waals surface area (Å²) in [5, 5.41) is 6.89. The van der Waals surface area contributed by atoms with E-state index in [1.54, 1.807) is 14.2 Å². The van der Waals surface area contributed by atoms with E-state index in [2.05, 4.69) is 105 Å². The van der Waals surface area contributed by atoms with Crippen molar-refractivity contribution in [3.05, 3.63) is 35.9 Å². The summed E-state index contributed by atoms with van der Waals surface area (Å²) >= 11 is 0. The van der Waals surface area contributed by atoms with Gasteiger partial charge in [0, 0.05) is 34.2 Å². The van der Waals surface area contributed by atoms with Crippen molar-refractivity contribution in [1.29, 1.82) is 0 Å². The van der Waals surface area contributed by atoms with Gasteiger partial charge in [-0.2, -0.15) is 0 Å². The number of carbonyl (C=O) groups excluding carboxylic acids is 4. The van der Waals surface area contributed by atoms with Crippen LogP contribution in [0.25, 0.3) is 0 Å². The highest BCUT2D eigenvalue weighted by molar-refractivity contribution is 5.78.